The summed E-state index contributed by atoms with van der Waals surface area (Å²) in [5, 5.41) is 8.81. The number of halogens is 1. The Morgan fingerprint density at radius 3 is 2.76 bits per heavy atom. The van der Waals surface area contributed by atoms with Crippen LogP contribution in [0, 0.1) is 17.1 Å². The van der Waals surface area contributed by atoms with Crippen LogP contribution in [0.25, 0.3) is 0 Å². The number of methoxy groups -OCH3 is 1. The lowest BCUT2D eigenvalue weighted by molar-refractivity contribution is -0.142. The monoisotopic (exact) mass is 237 g/mol. The van der Waals surface area contributed by atoms with E-state index in [1.807, 2.05) is 0 Å². The van der Waals surface area contributed by atoms with E-state index in [4.69, 9.17) is 14.7 Å². The minimum absolute atomic E-state index is 0.0496. The molecular formula is C12H12FNO3. The number of rotatable bonds is 4. The molecule has 0 aromatic heterocycles. The molecule has 0 saturated carbocycles. The van der Waals surface area contributed by atoms with Gasteiger partial charge in [0.15, 0.2) is 0 Å². The molecule has 5 heteroatoms. The Labute approximate surface area is 98.6 Å². The van der Waals surface area contributed by atoms with Crippen molar-refractivity contribution < 1.29 is 18.7 Å². The number of benzene rings is 1. The Morgan fingerprint density at radius 2 is 2.24 bits per heavy atom. The third kappa shape index (κ3) is 2.94. The fourth-order valence-corrected chi connectivity index (χ4v) is 1.45. The van der Waals surface area contributed by atoms with Crippen molar-refractivity contribution in [3.63, 3.8) is 0 Å². The third-order valence-corrected chi connectivity index (χ3v) is 2.14. The lowest BCUT2D eigenvalue weighted by atomic mass is 10.1. The number of nitrogens with zero attached hydrogens (tertiary/aromatic N) is 1. The van der Waals surface area contributed by atoms with E-state index < -0.39 is 11.8 Å². The van der Waals surface area contributed by atoms with Crippen LogP contribution < -0.4 is 4.74 Å². The van der Waals surface area contributed by atoms with Gasteiger partial charge in [0.05, 0.1) is 20.1 Å². The molecule has 0 N–H and O–H groups in total. The summed E-state index contributed by atoms with van der Waals surface area (Å²) in [5.74, 6) is -1.03. The molecule has 0 fully saturated rings. The lowest BCUT2D eigenvalue weighted by Gasteiger charge is -2.10. The van der Waals surface area contributed by atoms with E-state index in [1.165, 1.54) is 13.2 Å². The molecule has 1 rings (SSSR count). The van der Waals surface area contributed by atoms with Crippen molar-refractivity contribution in [2.75, 3.05) is 13.7 Å². The molecule has 0 bridgehead atoms. The average molecular weight is 237 g/mol. The van der Waals surface area contributed by atoms with Gasteiger partial charge in [-0.15, -0.1) is 0 Å². The second-order valence-electron chi connectivity index (χ2n) is 3.21. The number of ether oxygens (including phenoxy) is 2. The van der Waals surface area contributed by atoms with Gasteiger partial charge < -0.3 is 9.47 Å². The maximum absolute atomic E-state index is 13.3. The van der Waals surface area contributed by atoms with Gasteiger partial charge in [0.2, 0.25) is 0 Å². The van der Waals surface area contributed by atoms with E-state index in [2.05, 4.69) is 0 Å². The zero-order valence-electron chi connectivity index (χ0n) is 9.62. The first-order valence-corrected chi connectivity index (χ1v) is 5.05. The summed E-state index contributed by atoms with van der Waals surface area (Å²) in [4.78, 5) is 11.3. The number of hydrogen-bond acceptors (Lipinski definition) is 4. The van der Waals surface area contributed by atoms with Crippen molar-refractivity contribution in [1.82, 2.24) is 0 Å². The first-order valence-electron chi connectivity index (χ1n) is 5.05. The molecule has 4 nitrogen and oxygen atoms in total. The molecule has 90 valence electrons. The summed E-state index contributed by atoms with van der Waals surface area (Å²) >= 11 is 0. The first-order chi connectivity index (χ1) is 8.13. The maximum atomic E-state index is 13.3. The normalized spacial score (nSPS) is 9.53. The summed E-state index contributed by atoms with van der Waals surface area (Å²) in [6, 6.07) is 4.25. The molecule has 17 heavy (non-hydrogen) atoms. The zero-order chi connectivity index (χ0) is 12.8. The van der Waals surface area contributed by atoms with Gasteiger partial charge in [-0.05, 0) is 13.0 Å². The number of esters is 1. The van der Waals surface area contributed by atoms with Crippen molar-refractivity contribution in [3.05, 3.63) is 29.1 Å². The Kier molecular flexibility index (Phi) is 4.46. The third-order valence-electron chi connectivity index (χ3n) is 2.14. The molecule has 0 atom stereocenters. The second kappa shape index (κ2) is 5.85. The zero-order valence-corrected chi connectivity index (χ0v) is 9.62. The lowest BCUT2D eigenvalue weighted by Crippen LogP contribution is -2.09. The SMILES string of the molecule is CCOC(=O)Cc1ccc(F)c(C#N)c1OC. The molecule has 1 aromatic carbocycles. The fourth-order valence-electron chi connectivity index (χ4n) is 1.45. The van der Waals surface area contributed by atoms with Crippen molar-refractivity contribution in [3.8, 4) is 11.8 Å². The second-order valence-corrected chi connectivity index (χ2v) is 3.21. The molecule has 0 spiro atoms. The van der Waals surface area contributed by atoms with Crippen LogP contribution in [0.2, 0.25) is 0 Å². The molecule has 0 aliphatic heterocycles. The van der Waals surface area contributed by atoms with Crippen LogP contribution >= 0.6 is 0 Å². The van der Waals surface area contributed by atoms with Gasteiger partial charge in [0, 0.05) is 5.56 Å². The highest BCUT2D eigenvalue weighted by Gasteiger charge is 2.16. The topological polar surface area (TPSA) is 59.3 Å². The number of carbonyl (C=O) groups excluding carboxylic acids is 1. The van der Waals surface area contributed by atoms with Crippen LogP contribution in [0.1, 0.15) is 18.1 Å². The standard InChI is InChI=1S/C12H12FNO3/c1-3-17-11(15)6-8-4-5-10(13)9(7-14)12(8)16-2/h4-5H,3,6H2,1-2H3. The number of hydrogen-bond donors (Lipinski definition) is 0. The van der Waals surface area contributed by atoms with Gasteiger partial charge in [-0.3, -0.25) is 4.79 Å². The predicted molar refractivity (Wildman–Crippen MR) is 58.0 cm³/mol. The van der Waals surface area contributed by atoms with E-state index in [0.29, 0.717) is 5.56 Å². The van der Waals surface area contributed by atoms with Gasteiger partial charge in [0.25, 0.3) is 0 Å². The highest BCUT2D eigenvalue weighted by molar-refractivity contribution is 5.74. The minimum atomic E-state index is -0.669. The van der Waals surface area contributed by atoms with Gasteiger partial charge in [-0.1, -0.05) is 6.07 Å². The average Bonchev–Trinajstić information content (AvgIpc) is 2.31. The Hall–Kier alpha value is -2.09. The smallest absolute Gasteiger partial charge is 0.310 e. The van der Waals surface area contributed by atoms with Crippen molar-refractivity contribution >= 4 is 5.97 Å². The highest BCUT2D eigenvalue weighted by Crippen LogP contribution is 2.26. The molecule has 0 heterocycles. The Morgan fingerprint density at radius 1 is 1.53 bits per heavy atom. The van der Waals surface area contributed by atoms with Crippen molar-refractivity contribution in [2.24, 2.45) is 0 Å². The molecule has 0 saturated heterocycles. The van der Waals surface area contributed by atoms with Gasteiger partial charge in [-0.2, -0.15) is 5.26 Å². The molecule has 1 aromatic rings. The summed E-state index contributed by atoms with van der Waals surface area (Å²) in [7, 11) is 1.32. The Bertz CT molecular complexity index is 466. The molecule has 0 aliphatic carbocycles. The number of nitriles is 1. The molecule has 0 aliphatic rings. The van der Waals surface area contributed by atoms with Crippen molar-refractivity contribution in [2.45, 2.75) is 13.3 Å². The summed E-state index contributed by atoms with van der Waals surface area (Å²) in [6.07, 6.45) is -0.0496. The quantitative estimate of drug-likeness (QED) is 0.749. The largest absolute Gasteiger partial charge is 0.495 e. The van der Waals surface area contributed by atoms with E-state index in [0.717, 1.165) is 6.07 Å². The number of carbonyl (C=O) groups is 1. The summed E-state index contributed by atoms with van der Waals surface area (Å²) in [6.45, 7) is 1.97. The van der Waals surface area contributed by atoms with Crippen LogP contribution in [0.5, 0.6) is 5.75 Å². The first kappa shape index (κ1) is 13.0. The van der Waals surface area contributed by atoms with Crippen LogP contribution in [0.4, 0.5) is 4.39 Å². The van der Waals surface area contributed by atoms with E-state index in [9.17, 15) is 9.18 Å². The fraction of sp³-hybridized carbons (Fsp3) is 0.333. The van der Waals surface area contributed by atoms with Gasteiger partial charge in [-0.25, -0.2) is 4.39 Å². The van der Waals surface area contributed by atoms with Crippen LogP contribution in [-0.2, 0) is 16.0 Å². The van der Waals surface area contributed by atoms with Crippen LogP contribution in [0.3, 0.4) is 0 Å². The van der Waals surface area contributed by atoms with Gasteiger partial charge in [0.1, 0.15) is 23.2 Å². The van der Waals surface area contributed by atoms with Crippen LogP contribution in [-0.4, -0.2) is 19.7 Å². The summed E-state index contributed by atoms with van der Waals surface area (Å²) in [5.41, 5.74) is 0.234. The molecular weight excluding hydrogens is 225 g/mol. The molecule has 0 amide bonds. The van der Waals surface area contributed by atoms with E-state index in [1.54, 1.807) is 13.0 Å². The molecule has 0 radical (unpaired) electrons. The summed E-state index contributed by atoms with van der Waals surface area (Å²) < 4.78 is 23.0. The maximum Gasteiger partial charge on any atom is 0.310 e. The van der Waals surface area contributed by atoms with Crippen molar-refractivity contribution in [1.29, 1.82) is 5.26 Å². The Balaban J connectivity index is 3.09. The van der Waals surface area contributed by atoms with Gasteiger partial charge >= 0.3 is 5.97 Å². The highest BCUT2D eigenvalue weighted by atomic mass is 19.1. The van der Waals surface area contributed by atoms with Crippen LogP contribution in [0.15, 0.2) is 12.1 Å². The minimum Gasteiger partial charge on any atom is -0.495 e. The van der Waals surface area contributed by atoms with E-state index in [-0.39, 0.29) is 24.3 Å². The van der Waals surface area contributed by atoms with E-state index >= 15 is 0 Å². The predicted octanol–water partition coefficient (Wildman–Crippen LogP) is 1.81. The molecule has 0 unspecified atom stereocenters.